The van der Waals surface area contributed by atoms with Gasteiger partial charge in [-0.05, 0) is 13.0 Å². The highest BCUT2D eigenvalue weighted by Crippen LogP contribution is 2.39. The van der Waals surface area contributed by atoms with Crippen molar-refractivity contribution in [3.8, 4) is 0 Å². The van der Waals surface area contributed by atoms with E-state index in [1.54, 1.807) is 19.1 Å². The quantitative estimate of drug-likeness (QED) is 0.898. The van der Waals surface area contributed by atoms with Crippen LogP contribution in [0, 0.1) is 18.7 Å². The van der Waals surface area contributed by atoms with Gasteiger partial charge in [-0.3, -0.25) is 9.59 Å². The summed E-state index contributed by atoms with van der Waals surface area (Å²) in [5.41, 5.74) is 1.07. The Morgan fingerprint density at radius 1 is 1.52 bits per heavy atom. The number of halogens is 1. The maximum atomic E-state index is 14.1. The van der Waals surface area contributed by atoms with E-state index in [9.17, 15) is 19.1 Å². The summed E-state index contributed by atoms with van der Waals surface area (Å²) in [5.74, 6) is -2.81. The number of benzene rings is 1. The topological polar surface area (TPSA) is 66.8 Å². The number of methoxy groups -OCH3 is 1. The van der Waals surface area contributed by atoms with Gasteiger partial charge in [0.25, 0.3) is 0 Å². The van der Waals surface area contributed by atoms with E-state index in [-0.39, 0.29) is 31.0 Å². The Bertz CT molecular complexity index is 561. The predicted octanol–water partition coefficient (Wildman–Crippen LogP) is 1.75. The van der Waals surface area contributed by atoms with Crippen LogP contribution in [0.1, 0.15) is 23.6 Å². The molecule has 1 aromatic rings. The van der Waals surface area contributed by atoms with Crippen LogP contribution in [-0.4, -0.2) is 42.1 Å². The summed E-state index contributed by atoms with van der Waals surface area (Å²) >= 11 is 0. The number of aliphatic carboxylic acids is 1. The van der Waals surface area contributed by atoms with Crippen LogP contribution in [0.5, 0.6) is 0 Å². The molecule has 1 saturated heterocycles. The predicted molar refractivity (Wildman–Crippen MR) is 73.2 cm³/mol. The number of carboxylic acid groups (broad SMARTS) is 1. The van der Waals surface area contributed by atoms with Crippen LogP contribution >= 0.6 is 0 Å². The number of carbonyl (C=O) groups excluding carboxylic acids is 1. The number of carbonyl (C=O) groups is 2. The lowest BCUT2D eigenvalue weighted by Gasteiger charge is -2.27. The van der Waals surface area contributed by atoms with Gasteiger partial charge >= 0.3 is 5.97 Å². The fourth-order valence-corrected chi connectivity index (χ4v) is 2.74. The second kappa shape index (κ2) is 6.22. The SMILES string of the molecule is COCCN1C(=O)CC(C(=O)O)C1c1cc(C)ccc1F. The van der Waals surface area contributed by atoms with E-state index in [0.717, 1.165) is 5.56 Å². The lowest BCUT2D eigenvalue weighted by Crippen LogP contribution is -2.33. The molecule has 1 aliphatic rings. The first-order valence-corrected chi connectivity index (χ1v) is 6.73. The molecule has 5 nitrogen and oxygen atoms in total. The fraction of sp³-hybridized carbons (Fsp3) is 0.467. The van der Waals surface area contributed by atoms with Gasteiger partial charge in [0.05, 0.1) is 18.6 Å². The molecule has 0 aromatic heterocycles. The summed E-state index contributed by atoms with van der Waals surface area (Å²) in [6, 6.07) is 3.74. The molecule has 0 spiro atoms. The lowest BCUT2D eigenvalue weighted by atomic mass is 9.92. The van der Waals surface area contributed by atoms with Crippen LogP contribution in [0.15, 0.2) is 18.2 Å². The Morgan fingerprint density at radius 3 is 2.86 bits per heavy atom. The van der Waals surface area contributed by atoms with Crippen LogP contribution in [0.4, 0.5) is 4.39 Å². The summed E-state index contributed by atoms with van der Waals surface area (Å²) in [4.78, 5) is 24.9. The molecular weight excluding hydrogens is 277 g/mol. The standard InChI is InChI=1S/C15H18FNO4/c1-9-3-4-12(16)10(7-9)14-11(15(19)20)8-13(18)17(14)5-6-21-2/h3-4,7,11,14H,5-6,8H2,1-2H3,(H,19,20). The smallest absolute Gasteiger partial charge is 0.309 e. The Kier molecular flexibility index (Phi) is 4.57. The van der Waals surface area contributed by atoms with E-state index in [0.29, 0.717) is 0 Å². The highest BCUT2D eigenvalue weighted by atomic mass is 19.1. The third-order valence-electron chi connectivity index (χ3n) is 3.76. The second-order valence-corrected chi connectivity index (χ2v) is 5.20. The molecule has 2 atom stereocenters. The molecule has 1 aromatic carbocycles. The molecule has 1 fully saturated rings. The minimum absolute atomic E-state index is 0.114. The molecule has 1 amide bonds. The molecule has 2 rings (SSSR count). The van der Waals surface area contributed by atoms with Crippen molar-refractivity contribution in [1.29, 1.82) is 0 Å². The number of amides is 1. The maximum absolute atomic E-state index is 14.1. The molecule has 1 N–H and O–H groups in total. The van der Waals surface area contributed by atoms with Crippen molar-refractivity contribution >= 4 is 11.9 Å². The first kappa shape index (κ1) is 15.4. The number of ether oxygens (including phenoxy) is 1. The van der Waals surface area contributed by atoms with Gasteiger partial charge in [-0.2, -0.15) is 0 Å². The summed E-state index contributed by atoms with van der Waals surface area (Å²) in [7, 11) is 1.50. The van der Waals surface area contributed by atoms with E-state index in [2.05, 4.69) is 0 Å². The van der Waals surface area contributed by atoms with Gasteiger partial charge in [0.1, 0.15) is 5.82 Å². The largest absolute Gasteiger partial charge is 0.481 e. The van der Waals surface area contributed by atoms with Crippen molar-refractivity contribution in [2.24, 2.45) is 5.92 Å². The summed E-state index contributed by atoms with van der Waals surface area (Å²) in [5, 5.41) is 9.33. The van der Waals surface area contributed by atoms with Gasteiger partial charge in [0, 0.05) is 25.6 Å². The zero-order chi connectivity index (χ0) is 15.6. The molecule has 0 saturated carbocycles. The highest BCUT2D eigenvalue weighted by molar-refractivity contribution is 5.87. The Hall–Kier alpha value is -1.95. The Balaban J connectivity index is 2.43. The lowest BCUT2D eigenvalue weighted by molar-refractivity contribution is -0.142. The van der Waals surface area contributed by atoms with Gasteiger partial charge in [0.15, 0.2) is 0 Å². The van der Waals surface area contributed by atoms with Gasteiger partial charge < -0.3 is 14.7 Å². The van der Waals surface area contributed by atoms with Crippen molar-refractivity contribution in [2.75, 3.05) is 20.3 Å². The first-order valence-electron chi connectivity index (χ1n) is 6.73. The van der Waals surface area contributed by atoms with Gasteiger partial charge in [-0.25, -0.2) is 4.39 Å². The minimum atomic E-state index is -1.09. The monoisotopic (exact) mass is 295 g/mol. The molecule has 6 heteroatoms. The summed E-state index contributed by atoms with van der Waals surface area (Å²) < 4.78 is 19.1. The van der Waals surface area contributed by atoms with Crippen LogP contribution in [0.25, 0.3) is 0 Å². The zero-order valence-electron chi connectivity index (χ0n) is 12.0. The average molecular weight is 295 g/mol. The van der Waals surface area contributed by atoms with E-state index >= 15 is 0 Å². The van der Waals surface area contributed by atoms with Gasteiger partial charge in [-0.15, -0.1) is 0 Å². The van der Waals surface area contributed by atoms with E-state index < -0.39 is 23.7 Å². The zero-order valence-corrected chi connectivity index (χ0v) is 12.0. The molecule has 114 valence electrons. The van der Waals surface area contributed by atoms with Crippen molar-refractivity contribution in [2.45, 2.75) is 19.4 Å². The first-order chi connectivity index (χ1) is 9.95. The number of hydrogen-bond acceptors (Lipinski definition) is 3. The Morgan fingerprint density at radius 2 is 2.24 bits per heavy atom. The maximum Gasteiger partial charge on any atom is 0.309 e. The Labute approximate surface area is 122 Å². The van der Waals surface area contributed by atoms with E-state index in [4.69, 9.17) is 4.74 Å². The molecule has 21 heavy (non-hydrogen) atoms. The van der Waals surface area contributed by atoms with Gasteiger partial charge in [-0.1, -0.05) is 17.7 Å². The number of hydrogen-bond donors (Lipinski definition) is 1. The highest BCUT2D eigenvalue weighted by Gasteiger charge is 2.45. The van der Waals surface area contributed by atoms with E-state index in [1.165, 1.54) is 18.1 Å². The number of carboxylic acids is 1. The molecule has 0 aliphatic carbocycles. The number of rotatable bonds is 5. The second-order valence-electron chi connectivity index (χ2n) is 5.20. The van der Waals surface area contributed by atoms with Crippen LogP contribution in [0.3, 0.4) is 0 Å². The molecule has 0 bridgehead atoms. The number of likely N-dealkylation sites (tertiary alicyclic amines) is 1. The molecule has 1 heterocycles. The van der Waals surface area contributed by atoms with Crippen molar-refractivity contribution < 1.29 is 23.8 Å². The third-order valence-corrected chi connectivity index (χ3v) is 3.76. The summed E-state index contributed by atoms with van der Waals surface area (Å²) in [6.45, 7) is 2.33. The molecule has 0 radical (unpaired) electrons. The third kappa shape index (κ3) is 3.05. The number of aryl methyl sites for hydroxylation is 1. The molecular formula is C15H18FNO4. The van der Waals surface area contributed by atoms with Gasteiger partial charge in [0.2, 0.25) is 5.91 Å². The molecule has 2 unspecified atom stereocenters. The fourth-order valence-electron chi connectivity index (χ4n) is 2.74. The van der Waals surface area contributed by atoms with Crippen LogP contribution < -0.4 is 0 Å². The normalized spacial score (nSPS) is 21.9. The van der Waals surface area contributed by atoms with Crippen molar-refractivity contribution in [3.05, 3.63) is 35.1 Å². The average Bonchev–Trinajstić information content (AvgIpc) is 2.76. The number of nitrogens with zero attached hydrogens (tertiary/aromatic N) is 1. The van der Waals surface area contributed by atoms with E-state index in [1.807, 2.05) is 0 Å². The van der Waals surface area contributed by atoms with Crippen LogP contribution in [-0.2, 0) is 14.3 Å². The molecule has 1 aliphatic heterocycles. The van der Waals surface area contributed by atoms with Crippen LogP contribution in [0.2, 0.25) is 0 Å². The van der Waals surface area contributed by atoms with Crippen molar-refractivity contribution in [3.63, 3.8) is 0 Å². The summed E-state index contributed by atoms with van der Waals surface area (Å²) in [6.07, 6.45) is -0.114. The van der Waals surface area contributed by atoms with Crippen molar-refractivity contribution in [1.82, 2.24) is 4.90 Å². The minimum Gasteiger partial charge on any atom is -0.481 e.